The summed E-state index contributed by atoms with van der Waals surface area (Å²) in [7, 11) is 4.06. The molecular formula is C55H86BrNO4. The van der Waals surface area contributed by atoms with Gasteiger partial charge in [-0.05, 0) is 115 Å². The van der Waals surface area contributed by atoms with Gasteiger partial charge in [0.15, 0.2) is 0 Å². The molecule has 0 aliphatic rings. The number of halogens is 1. The molecule has 61 heavy (non-hydrogen) atoms. The molecule has 342 valence electrons. The van der Waals surface area contributed by atoms with Crippen LogP contribution in [0, 0.1) is 6.92 Å². The minimum atomic E-state index is -0.0419. The molecule has 4 N–H and O–H groups in total. The number of aryl methyl sites for hydroxylation is 1. The van der Waals surface area contributed by atoms with Crippen LogP contribution < -0.4 is 4.90 Å². The van der Waals surface area contributed by atoms with E-state index in [0.717, 1.165) is 54.7 Å². The predicted octanol–water partition coefficient (Wildman–Crippen LogP) is 16.4. The lowest BCUT2D eigenvalue weighted by Gasteiger charge is -2.28. The summed E-state index contributed by atoms with van der Waals surface area (Å²) in [5.41, 5.74) is 10.6. The summed E-state index contributed by atoms with van der Waals surface area (Å²) in [6, 6.07) is 18.3. The van der Waals surface area contributed by atoms with Gasteiger partial charge in [-0.3, -0.25) is 0 Å². The van der Waals surface area contributed by atoms with E-state index in [1.165, 1.54) is 5.56 Å². The Morgan fingerprint density at radius 1 is 0.443 bits per heavy atom. The molecule has 0 saturated heterocycles. The first-order valence-corrected chi connectivity index (χ1v) is 23.0. The number of anilines is 1. The van der Waals surface area contributed by atoms with Gasteiger partial charge in [0, 0.05) is 35.4 Å². The number of benzene rings is 4. The zero-order chi connectivity index (χ0) is 47.9. The van der Waals surface area contributed by atoms with Crippen molar-refractivity contribution in [2.45, 2.75) is 191 Å². The van der Waals surface area contributed by atoms with Crippen molar-refractivity contribution in [3.8, 4) is 23.0 Å². The van der Waals surface area contributed by atoms with Crippen molar-refractivity contribution < 1.29 is 20.4 Å². The zero-order valence-electron chi connectivity index (χ0n) is 42.6. The van der Waals surface area contributed by atoms with E-state index >= 15 is 0 Å². The minimum Gasteiger partial charge on any atom is -0.507 e. The number of hydrogen-bond donors (Lipinski definition) is 4. The Labute approximate surface area is 382 Å². The first kappa shape index (κ1) is 55.4. The smallest absolute Gasteiger partial charge is 0.122 e. The van der Waals surface area contributed by atoms with Crippen molar-refractivity contribution in [2.75, 3.05) is 19.0 Å². The number of rotatable bonds is 5. The zero-order valence-corrected chi connectivity index (χ0v) is 44.2. The minimum absolute atomic E-state index is 0.0303. The molecule has 0 bridgehead atoms. The second kappa shape index (κ2) is 21.6. The number of aromatic hydroxyl groups is 4. The molecule has 0 saturated carbocycles. The number of phenols is 4. The van der Waals surface area contributed by atoms with Gasteiger partial charge in [0.05, 0.1) is 0 Å². The third-order valence-electron chi connectivity index (χ3n) is 10.9. The molecule has 0 radical (unpaired) electrons. The predicted molar refractivity (Wildman–Crippen MR) is 270 cm³/mol. The third-order valence-corrected chi connectivity index (χ3v) is 11.4. The van der Waals surface area contributed by atoms with E-state index in [9.17, 15) is 20.4 Å². The van der Waals surface area contributed by atoms with E-state index in [1.54, 1.807) is 0 Å². The molecule has 4 rings (SSSR count). The molecule has 0 aliphatic heterocycles. The molecule has 6 heteroatoms. The molecule has 0 amide bonds. The van der Waals surface area contributed by atoms with Crippen LogP contribution in [0.3, 0.4) is 0 Å². The molecular weight excluding hydrogens is 819 g/mol. The second-order valence-electron chi connectivity index (χ2n) is 22.3. The van der Waals surface area contributed by atoms with Gasteiger partial charge in [-0.15, -0.1) is 0 Å². The monoisotopic (exact) mass is 904 g/mol. The van der Waals surface area contributed by atoms with Gasteiger partial charge in [0.25, 0.3) is 0 Å². The van der Waals surface area contributed by atoms with Gasteiger partial charge in [-0.1, -0.05) is 185 Å². The summed E-state index contributed by atoms with van der Waals surface area (Å²) >= 11 is 3.50. The van der Waals surface area contributed by atoms with Crippen LogP contribution in [0.1, 0.15) is 212 Å². The number of hydrogen-bond acceptors (Lipinski definition) is 5. The molecule has 4 aromatic rings. The molecule has 0 fully saturated rings. The fourth-order valence-electron chi connectivity index (χ4n) is 6.79. The van der Waals surface area contributed by atoms with E-state index in [2.05, 4.69) is 184 Å². The third kappa shape index (κ3) is 15.9. The van der Waals surface area contributed by atoms with Gasteiger partial charge < -0.3 is 25.3 Å². The van der Waals surface area contributed by atoms with Gasteiger partial charge in [-0.25, -0.2) is 0 Å². The van der Waals surface area contributed by atoms with Gasteiger partial charge in [-0.2, -0.15) is 0 Å². The van der Waals surface area contributed by atoms with Crippen LogP contribution in [-0.4, -0.2) is 34.5 Å². The topological polar surface area (TPSA) is 84.2 Å². The van der Waals surface area contributed by atoms with Gasteiger partial charge >= 0.3 is 0 Å². The maximum Gasteiger partial charge on any atom is 0.122 e. The van der Waals surface area contributed by atoms with Crippen molar-refractivity contribution in [1.29, 1.82) is 0 Å². The summed E-state index contributed by atoms with van der Waals surface area (Å²) in [6.45, 7) is 44.6. The van der Waals surface area contributed by atoms with Crippen molar-refractivity contribution in [3.63, 3.8) is 0 Å². The summed E-state index contributed by atoms with van der Waals surface area (Å²) in [5.74, 6) is 3.23. The van der Waals surface area contributed by atoms with Crippen LogP contribution in [0.2, 0.25) is 0 Å². The van der Waals surface area contributed by atoms with E-state index in [1.807, 2.05) is 51.4 Å². The van der Waals surface area contributed by atoms with E-state index in [4.69, 9.17) is 0 Å². The first-order valence-electron chi connectivity index (χ1n) is 22.2. The molecule has 0 heterocycles. The summed E-state index contributed by atoms with van der Waals surface area (Å²) in [4.78, 5) is 2.08. The van der Waals surface area contributed by atoms with Crippen LogP contribution in [0.15, 0.2) is 59.1 Å². The van der Waals surface area contributed by atoms with Gasteiger partial charge in [0.2, 0.25) is 0 Å². The Morgan fingerprint density at radius 3 is 1.15 bits per heavy atom. The van der Waals surface area contributed by atoms with Crippen molar-refractivity contribution in [3.05, 3.63) is 109 Å². The Bertz CT molecular complexity index is 2030. The fourth-order valence-corrected chi connectivity index (χ4v) is 7.27. The summed E-state index contributed by atoms with van der Waals surface area (Å²) in [6.07, 6.45) is 0. The largest absolute Gasteiger partial charge is 0.507 e. The average molecular weight is 905 g/mol. The average Bonchev–Trinajstić information content (AvgIpc) is 3.08. The lowest BCUT2D eigenvalue weighted by atomic mass is 9.77. The maximum atomic E-state index is 10.5. The molecule has 5 nitrogen and oxygen atoms in total. The number of para-hydroxylation sites is 1. The van der Waals surface area contributed by atoms with Crippen molar-refractivity contribution in [2.24, 2.45) is 0 Å². The SMILES string of the molecule is CC(C)c1cc(Br)cc(C(C)(C)C)c1O.CC(C)c1cc(C(C)(C)C)cc(C(C)(C)C)c1O.CC(C)c1cc(N(C)C)cc(C(C)(C)C)c1O.Cc1cccc(C(C)C)c1O. The lowest BCUT2D eigenvalue weighted by molar-refractivity contribution is 0.435. The number of nitrogens with zero attached hydrogens (tertiary/aromatic N) is 1. The Morgan fingerprint density at radius 2 is 0.803 bits per heavy atom. The number of phenolic OH excluding ortho intramolecular Hbond substituents is 4. The van der Waals surface area contributed by atoms with Crippen LogP contribution in [-0.2, 0) is 21.7 Å². The first-order chi connectivity index (χ1) is 27.4. The normalized spacial score (nSPS) is 12.1. The molecule has 0 unspecified atom stereocenters. The molecule has 4 aromatic carbocycles. The summed E-state index contributed by atoms with van der Waals surface area (Å²) < 4.78 is 1.04. The molecule has 0 spiro atoms. The van der Waals surface area contributed by atoms with E-state index in [-0.39, 0.29) is 21.7 Å². The van der Waals surface area contributed by atoms with Crippen LogP contribution >= 0.6 is 15.9 Å². The lowest BCUT2D eigenvalue weighted by Crippen LogP contribution is -2.17. The van der Waals surface area contributed by atoms with E-state index < -0.39 is 0 Å². The van der Waals surface area contributed by atoms with Crippen LogP contribution in [0.4, 0.5) is 5.69 Å². The molecule has 0 aromatic heterocycles. The van der Waals surface area contributed by atoms with Gasteiger partial charge in [0.1, 0.15) is 23.0 Å². The maximum absolute atomic E-state index is 10.5. The van der Waals surface area contributed by atoms with Crippen molar-refractivity contribution in [1.82, 2.24) is 0 Å². The standard InChI is InChI=1S/C17H28O.C15H25NO.C13H19BrO.C10H14O/c1-11(2)13-9-12(16(3,4)5)10-14(15(13)18)17(6,7)8;1-10(2)12-8-11(16(6)7)9-13(14(12)17)15(3,4)5;1-8(2)10-6-9(14)7-11(12(10)15)13(3,4)5;1-7(2)9-6-4-5-8(3)10(9)11/h9-11,18H,1-8H3;8-10,17H,1-7H3;6-8,15H,1-5H3;4-7,11H,1-3H3. The molecule has 0 aliphatic carbocycles. The van der Waals surface area contributed by atoms with Crippen LogP contribution in [0.25, 0.3) is 0 Å². The quantitative estimate of drug-likeness (QED) is 0.160. The van der Waals surface area contributed by atoms with Crippen molar-refractivity contribution >= 4 is 21.6 Å². The highest BCUT2D eigenvalue weighted by Gasteiger charge is 2.26. The Balaban J connectivity index is 0.000000412. The Hall–Kier alpha value is -3.64. The van der Waals surface area contributed by atoms with E-state index in [0.29, 0.717) is 46.7 Å². The van der Waals surface area contributed by atoms with Crippen LogP contribution in [0.5, 0.6) is 23.0 Å². The fraction of sp³-hybridized carbons (Fsp3) is 0.564. The molecule has 0 atom stereocenters. The highest BCUT2D eigenvalue weighted by molar-refractivity contribution is 9.10. The highest BCUT2D eigenvalue weighted by atomic mass is 79.9. The second-order valence-corrected chi connectivity index (χ2v) is 23.2. The highest BCUT2D eigenvalue weighted by Crippen LogP contribution is 2.42. The summed E-state index contributed by atoms with van der Waals surface area (Å²) in [5, 5.41) is 40.6. The Kier molecular flexibility index (Phi) is 19.6.